The van der Waals surface area contributed by atoms with Crippen LogP contribution in [-0.2, 0) is 42.6 Å². The van der Waals surface area contributed by atoms with Gasteiger partial charge in [-0.15, -0.1) is 34.0 Å². The van der Waals surface area contributed by atoms with Crippen molar-refractivity contribution >= 4 is 79.2 Å². The third-order valence-corrected chi connectivity index (χ3v) is 15.4. The van der Waals surface area contributed by atoms with Crippen LogP contribution in [0, 0.1) is 10.1 Å². The first-order chi connectivity index (χ1) is 41.7. The van der Waals surface area contributed by atoms with E-state index in [1.54, 1.807) is 52.3 Å². The van der Waals surface area contributed by atoms with Crippen molar-refractivity contribution in [1.82, 2.24) is 24.5 Å². The molecule has 23 heteroatoms. The van der Waals surface area contributed by atoms with Gasteiger partial charge in [0, 0.05) is 111 Å². The lowest BCUT2D eigenvalue weighted by Gasteiger charge is -2.15. The molecule has 0 saturated carbocycles. The Morgan fingerprint density at radius 2 is 1.01 bits per heavy atom. The first kappa shape index (κ1) is 60.2. The Balaban J connectivity index is 0.000000131. The van der Waals surface area contributed by atoms with Crippen molar-refractivity contribution in [1.29, 1.82) is 0 Å². The number of hydrogen-bond donors (Lipinski definition) is 3. The minimum absolute atomic E-state index is 0.0266. The standard InChI is InChI=1S/C19H15N3O2S.C18H15N3O4S.C18H17N3O2S.C7H16O3/c1-2-13(18-20-6-9-25-18)10-15(3-1)22-12-21-16-11-14(4-5-17(16)22)19-23-7-8-24-19;22-21(23)16-11-13(18-24-7-8-25-18)4-5-15(16)20-14-3-1-2-12(10-14)17-19-6-9-26-17;19-15-11-13(18-22-7-8-23-18)4-5-16(15)21-14-3-1-2-12(10-14)17-20-6-9-24-17;1-4-8-7(9-5-2)10-6-3/h1-6,9-12,19H,7-8H2;1-6,9-11,18,20H,7-8H2;1-6,9-11,18,21H,7-8,19H2;7H,4-6H2,1-3H3. The van der Waals surface area contributed by atoms with E-state index < -0.39 is 17.7 Å². The molecule has 4 N–H and O–H groups in total. The van der Waals surface area contributed by atoms with Gasteiger partial charge in [-0.3, -0.25) is 14.7 Å². The largest absolute Gasteiger partial charge is 0.397 e. The van der Waals surface area contributed by atoms with Crippen LogP contribution >= 0.6 is 34.0 Å². The second-order valence-corrected chi connectivity index (χ2v) is 21.3. The second kappa shape index (κ2) is 30.3. The van der Waals surface area contributed by atoms with Crippen LogP contribution in [0.3, 0.4) is 0 Å². The predicted octanol–water partition coefficient (Wildman–Crippen LogP) is 14.3. The first-order valence-corrected chi connectivity index (χ1v) is 30.1. The summed E-state index contributed by atoms with van der Waals surface area (Å²) in [6.07, 6.45) is 6.11. The van der Waals surface area contributed by atoms with Gasteiger partial charge < -0.3 is 59.0 Å². The minimum atomic E-state index is -0.545. The zero-order valence-electron chi connectivity index (χ0n) is 46.8. The fourth-order valence-electron chi connectivity index (χ4n) is 9.04. The normalized spacial score (nSPS) is 14.4. The predicted molar refractivity (Wildman–Crippen MR) is 330 cm³/mol. The zero-order valence-corrected chi connectivity index (χ0v) is 49.3. The molecule has 3 aliphatic heterocycles. The maximum absolute atomic E-state index is 11.5. The Bertz CT molecular complexity index is 3670. The van der Waals surface area contributed by atoms with Crippen LogP contribution in [0.5, 0.6) is 0 Å². The number of imidazole rings is 1. The topological polar surface area (TPSA) is 233 Å². The number of nitro benzene ring substituents is 1. The number of rotatable bonds is 18. The molecule has 0 bridgehead atoms. The summed E-state index contributed by atoms with van der Waals surface area (Å²) in [4.78, 5) is 28.7. The molecule has 0 aliphatic carbocycles. The highest BCUT2D eigenvalue weighted by Gasteiger charge is 2.24. The first-order valence-electron chi connectivity index (χ1n) is 27.5. The van der Waals surface area contributed by atoms with Gasteiger partial charge in [0.25, 0.3) is 12.2 Å². The molecular formula is C62H63N9O11S3. The molecule has 13 rings (SSSR count). The van der Waals surface area contributed by atoms with Gasteiger partial charge in [-0.2, -0.15) is 0 Å². The Hall–Kier alpha value is -7.88. The van der Waals surface area contributed by atoms with Gasteiger partial charge in [-0.1, -0.05) is 54.6 Å². The van der Waals surface area contributed by atoms with Gasteiger partial charge in [-0.25, -0.2) is 19.9 Å². The van der Waals surface area contributed by atoms with Crippen LogP contribution < -0.4 is 16.4 Å². The quantitative estimate of drug-likeness (QED) is 0.0314. The van der Waals surface area contributed by atoms with Gasteiger partial charge in [0.1, 0.15) is 27.0 Å². The van der Waals surface area contributed by atoms with E-state index in [2.05, 4.69) is 65.5 Å². The van der Waals surface area contributed by atoms with Crippen LogP contribution in [0.4, 0.5) is 34.1 Å². The maximum Gasteiger partial charge on any atom is 0.293 e. The Morgan fingerprint density at radius 3 is 1.48 bits per heavy atom. The van der Waals surface area contributed by atoms with Crippen LogP contribution in [0.15, 0.2) is 168 Å². The Kier molecular flexibility index (Phi) is 21.5. The number of nitro groups is 1. The molecule has 10 aromatic rings. The van der Waals surface area contributed by atoms with Crippen molar-refractivity contribution in [3.05, 3.63) is 195 Å². The van der Waals surface area contributed by atoms with Crippen LogP contribution in [0.25, 0.3) is 48.4 Å². The summed E-state index contributed by atoms with van der Waals surface area (Å²) in [5.41, 5.74) is 18.6. The number of nitrogen functional groups attached to an aromatic ring is 1. The maximum atomic E-state index is 11.5. The van der Waals surface area contributed by atoms with Crippen LogP contribution in [-0.4, -0.2) is 95.4 Å². The second-order valence-electron chi connectivity index (χ2n) is 18.6. The molecule has 0 atom stereocenters. The Morgan fingerprint density at radius 1 is 0.565 bits per heavy atom. The van der Waals surface area contributed by atoms with E-state index in [-0.39, 0.29) is 18.3 Å². The summed E-state index contributed by atoms with van der Waals surface area (Å²) in [6.45, 7) is 10.6. The molecule has 3 aliphatic rings. The molecule has 0 amide bonds. The smallest absolute Gasteiger partial charge is 0.293 e. The summed E-state index contributed by atoms with van der Waals surface area (Å²) in [5, 5.41) is 26.8. The lowest BCUT2D eigenvalue weighted by atomic mass is 10.1. The zero-order chi connectivity index (χ0) is 58.7. The number of fused-ring (bicyclic) bond motifs is 1. The lowest BCUT2D eigenvalue weighted by Crippen LogP contribution is -2.20. The average Bonchev–Trinajstić information content (AvgIpc) is 4.57. The van der Waals surface area contributed by atoms with Crippen molar-refractivity contribution in [2.24, 2.45) is 0 Å². The van der Waals surface area contributed by atoms with Gasteiger partial charge in [0.2, 0.25) is 0 Å². The monoisotopic (exact) mass is 1210 g/mol. The molecule has 0 unspecified atom stereocenters. The molecule has 7 heterocycles. The number of hydrogen-bond acceptors (Lipinski definition) is 21. The third kappa shape index (κ3) is 16.1. The molecule has 0 radical (unpaired) electrons. The third-order valence-electron chi connectivity index (χ3n) is 12.9. The van der Waals surface area contributed by atoms with Crippen molar-refractivity contribution in [2.75, 3.05) is 75.8 Å². The highest BCUT2D eigenvalue weighted by molar-refractivity contribution is 7.13. The van der Waals surface area contributed by atoms with Crippen LogP contribution in [0.2, 0.25) is 0 Å². The van der Waals surface area contributed by atoms with Crippen molar-refractivity contribution in [2.45, 2.75) is 46.1 Å². The molecular weight excluding hydrogens is 1140 g/mol. The highest BCUT2D eigenvalue weighted by atomic mass is 32.1. The van der Waals surface area contributed by atoms with Crippen molar-refractivity contribution in [3.63, 3.8) is 0 Å². The highest BCUT2D eigenvalue weighted by Crippen LogP contribution is 2.36. The molecule has 4 aromatic heterocycles. The minimum Gasteiger partial charge on any atom is -0.397 e. The number of thiazole rings is 3. The fraction of sp³-hybridized carbons (Fsp3) is 0.258. The fourth-order valence-corrected chi connectivity index (χ4v) is 10.9. The number of nitrogens with two attached hydrogens (primary N) is 1. The van der Waals surface area contributed by atoms with Crippen molar-refractivity contribution < 1.29 is 47.6 Å². The number of ether oxygens (including phenoxy) is 9. The summed E-state index contributed by atoms with van der Waals surface area (Å²) in [5.74, 6) is 0. The van der Waals surface area contributed by atoms with E-state index in [0.717, 1.165) is 76.6 Å². The van der Waals surface area contributed by atoms with Crippen LogP contribution in [0.1, 0.15) is 56.3 Å². The van der Waals surface area contributed by atoms with E-state index in [1.807, 2.05) is 134 Å². The number of anilines is 5. The number of benzene rings is 6. The summed E-state index contributed by atoms with van der Waals surface area (Å²) in [7, 11) is 0. The van der Waals surface area contributed by atoms with Gasteiger partial charge in [0.15, 0.2) is 18.9 Å². The van der Waals surface area contributed by atoms with E-state index in [0.29, 0.717) is 76.4 Å². The number of aromatic nitrogens is 5. The van der Waals surface area contributed by atoms with E-state index >= 15 is 0 Å². The molecule has 6 aromatic carbocycles. The SMILES string of the molecule is CCOC(OCC)OCC.Nc1cc(C2OCCO2)ccc1Nc1cccc(-c2nccs2)c1.O=[N+]([O-])c1cc(C2OCCO2)ccc1Nc1cccc(-c2nccs2)c1.c1cc(-c2nccs2)cc(-n2cnc3cc(C4OCCO4)ccc32)c1. The summed E-state index contributed by atoms with van der Waals surface area (Å²) < 4.78 is 50.3. The Labute approximate surface area is 503 Å². The number of nitrogens with one attached hydrogen (secondary N) is 2. The molecule has 20 nitrogen and oxygen atoms in total. The molecule has 440 valence electrons. The van der Waals surface area contributed by atoms with E-state index in [4.69, 9.17) is 48.4 Å². The number of nitrogens with zero attached hydrogens (tertiary/aromatic N) is 6. The molecule has 3 saturated heterocycles. The molecule has 85 heavy (non-hydrogen) atoms. The summed E-state index contributed by atoms with van der Waals surface area (Å²) in [6, 6.07) is 41.0. The van der Waals surface area contributed by atoms with Gasteiger partial charge >= 0.3 is 0 Å². The summed E-state index contributed by atoms with van der Waals surface area (Å²) >= 11 is 4.80. The van der Waals surface area contributed by atoms with Crippen molar-refractivity contribution in [3.8, 4) is 37.4 Å². The van der Waals surface area contributed by atoms with E-state index in [1.165, 1.54) is 6.07 Å². The average molecular weight is 1210 g/mol. The van der Waals surface area contributed by atoms with Gasteiger partial charge in [0.05, 0.1) is 67.0 Å². The van der Waals surface area contributed by atoms with Gasteiger partial charge in [-0.05, 0) is 87.5 Å². The lowest BCUT2D eigenvalue weighted by molar-refractivity contribution is -0.384. The molecule has 3 fully saturated rings. The molecule has 0 spiro atoms. The van der Waals surface area contributed by atoms with E-state index in [9.17, 15) is 10.1 Å².